The van der Waals surface area contributed by atoms with Crippen LogP contribution in [0.1, 0.15) is 5.56 Å². The van der Waals surface area contributed by atoms with Gasteiger partial charge in [-0.2, -0.15) is 15.1 Å². The molecule has 0 unspecified atom stereocenters. The third-order valence-corrected chi connectivity index (χ3v) is 2.42. The fraction of sp³-hybridized carbons (Fsp3) is 0.200. The minimum absolute atomic E-state index is 0.521. The number of aromatic nitrogens is 6. The molecular formula is C10H11N7. The minimum Gasteiger partial charge on any atom is -0.357 e. The Morgan fingerprint density at radius 3 is 2.94 bits per heavy atom. The second kappa shape index (κ2) is 3.55. The van der Waals surface area contributed by atoms with E-state index in [0.29, 0.717) is 17.4 Å². The number of H-pyrrole nitrogens is 1. The number of nitrogens with one attached hydrogen (secondary N) is 2. The van der Waals surface area contributed by atoms with E-state index in [-0.39, 0.29) is 0 Å². The van der Waals surface area contributed by atoms with E-state index in [2.05, 4.69) is 30.4 Å². The van der Waals surface area contributed by atoms with Gasteiger partial charge in [0.2, 0.25) is 5.95 Å². The molecule has 0 saturated carbocycles. The molecule has 0 spiro atoms. The molecule has 7 heteroatoms. The van der Waals surface area contributed by atoms with Gasteiger partial charge < -0.3 is 10.3 Å². The number of aromatic amines is 1. The van der Waals surface area contributed by atoms with Gasteiger partial charge in [0.05, 0.1) is 12.5 Å². The molecule has 86 valence electrons. The van der Waals surface area contributed by atoms with E-state index in [0.717, 1.165) is 11.1 Å². The number of aryl methyl sites for hydroxylation is 1. The van der Waals surface area contributed by atoms with Gasteiger partial charge in [-0.05, 0) is 12.5 Å². The van der Waals surface area contributed by atoms with Gasteiger partial charge in [-0.1, -0.05) is 0 Å². The lowest BCUT2D eigenvalue weighted by atomic mass is 10.4. The van der Waals surface area contributed by atoms with Crippen LogP contribution >= 0.6 is 0 Å². The van der Waals surface area contributed by atoms with E-state index in [1.165, 1.54) is 0 Å². The molecule has 0 aliphatic heterocycles. The first-order valence-electron chi connectivity index (χ1n) is 5.18. The molecule has 0 fully saturated rings. The van der Waals surface area contributed by atoms with Crippen molar-refractivity contribution in [1.82, 2.24) is 29.7 Å². The van der Waals surface area contributed by atoms with Crippen LogP contribution in [0.5, 0.6) is 0 Å². The summed E-state index contributed by atoms with van der Waals surface area (Å²) in [5.41, 5.74) is 2.46. The first-order chi connectivity index (χ1) is 8.28. The van der Waals surface area contributed by atoms with Crippen LogP contribution in [0.3, 0.4) is 0 Å². The Kier molecular flexibility index (Phi) is 2.04. The van der Waals surface area contributed by atoms with E-state index in [1.54, 1.807) is 24.3 Å². The Morgan fingerprint density at radius 2 is 2.24 bits per heavy atom. The zero-order valence-corrected chi connectivity index (χ0v) is 9.47. The molecule has 3 aromatic rings. The first kappa shape index (κ1) is 9.76. The number of fused-ring (bicyclic) bond motifs is 1. The topological polar surface area (TPSA) is 84.3 Å². The summed E-state index contributed by atoms with van der Waals surface area (Å²) >= 11 is 0. The van der Waals surface area contributed by atoms with Crippen molar-refractivity contribution in [3.63, 3.8) is 0 Å². The van der Waals surface area contributed by atoms with Crippen molar-refractivity contribution in [1.29, 1.82) is 0 Å². The molecule has 3 heterocycles. The van der Waals surface area contributed by atoms with Crippen LogP contribution < -0.4 is 5.32 Å². The Labute approximate surface area is 96.9 Å². The SMILES string of the molecule is CNc1nc(-n2cc(C)cn2)c2[nH]cnc2n1. The predicted molar refractivity (Wildman–Crippen MR) is 63.1 cm³/mol. The third-order valence-electron chi connectivity index (χ3n) is 2.42. The van der Waals surface area contributed by atoms with Gasteiger partial charge in [0, 0.05) is 13.2 Å². The monoisotopic (exact) mass is 229 g/mol. The van der Waals surface area contributed by atoms with Crippen LogP contribution in [0.2, 0.25) is 0 Å². The number of anilines is 1. The lowest BCUT2D eigenvalue weighted by molar-refractivity contribution is 0.849. The summed E-state index contributed by atoms with van der Waals surface area (Å²) in [4.78, 5) is 15.8. The van der Waals surface area contributed by atoms with Crippen LogP contribution in [0.15, 0.2) is 18.7 Å². The Morgan fingerprint density at radius 1 is 1.35 bits per heavy atom. The van der Waals surface area contributed by atoms with Crippen molar-refractivity contribution >= 4 is 17.1 Å². The number of hydrogen-bond donors (Lipinski definition) is 2. The van der Waals surface area contributed by atoms with Gasteiger partial charge in [-0.3, -0.25) is 0 Å². The lowest BCUT2D eigenvalue weighted by Gasteiger charge is -2.04. The van der Waals surface area contributed by atoms with Crippen LogP contribution in [0.4, 0.5) is 5.95 Å². The minimum atomic E-state index is 0.521. The number of nitrogens with zero attached hydrogens (tertiary/aromatic N) is 5. The van der Waals surface area contributed by atoms with Crippen molar-refractivity contribution in [3.05, 3.63) is 24.3 Å². The highest BCUT2D eigenvalue weighted by Gasteiger charge is 2.11. The molecule has 2 N–H and O–H groups in total. The van der Waals surface area contributed by atoms with E-state index in [1.807, 2.05) is 13.1 Å². The summed E-state index contributed by atoms with van der Waals surface area (Å²) in [5, 5.41) is 7.15. The summed E-state index contributed by atoms with van der Waals surface area (Å²) in [6.45, 7) is 1.98. The summed E-state index contributed by atoms with van der Waals surface area (Å²) in [7, 11) is 1.77. The van der Waals surface area contributed by atoms with Crippen molar-refractivity contribution in [2.45, 2.75) is 6.92 Å². The molecule has 0 aromatic carbocycles. The quantitative estimate of drug-likeness (QED) is 0.681. The molecule has 0 saturated heterocycles. The van der Waals surface area contributed by atoms with Crippen molar-refractivity contribution in [2.75, 3.05) is 12.4 Å². The van der Waals surface area contributed by atoms with E-state index < -0.39 is 0 Å². The van der Waals surface area contributed by atoms with Crippen molar-refractivity contribution in [3.8, 4) is 5.82 Å². The van der Waals surface area contributed by atoms with E-state index in [9.17, 15) is 0 Å². The maximum atomic E-state index is 4.38. The number of imidazole rings is 1. The fourth-order valence-electron chi connectivity index (χ4n) is 1.62. The largest absolute Gasteiger partial charge is 0.357 e. The molecule has 7 nitrogen and oxygen atoms in total. The number of rotatable bonds is 2. The van der Waals surface area contributed by atoms with Gasteiger partial charge in [-0.25, -0.2) is 9.67 Å². The van der Waals surface area contributed by atoms with Gasteiger partial charge in [0.25, 0.3) is 0 Å². The second-order valence-electron chi connectivity index (χ2n) is 3.68. The fourth-order valence-corrected chi connectivity index (χ4v) is 1.62. The van der Waals surface area contributed by atoms with Crippen LogP contribution in [-0.4, -0.2) is 36.8 Å². The molecular weight excluding hydrogens is 218 g/mol. The zero-order valence-electron chi connectivity index (χ0n) is 9.47. The van der Waals surface area contributed by atoms with Crippen LogP contribution in [0.25, 0.3) is 17.0 Å². The maximum Gasteiger partial charge on any atom is 0.226 e. The summed E-state index contributed by atoms with van der Waals surface area (Å²) in [5.74, 6) is 1.21. The Balaban J connectivity index is 2.29. The molecule has 0 aliphatic carbocycles. The molecule has 17 heavy (non-hydrogen) atoms. The van der Waals surface area contributed by atoms with Crippen LogP contribution in [0, 0.1) is 6.92 Å². The summed E-state index contributed by atoms with van der Waals surface area (Å²) < 4.78 is 1.71. The molecule has 3 rings (SSSR count). The summed E-state index contributed by atoms with van der Waals surface area (Å²) in [6.07, 6.45) is 5.28. The average Bonchev–Trinajstić information content (AvgIpc) is 2.95. The average molecular weight is 229 g/mol. The molecule has 3 aromatic heterocycles. The standard InChI is InChI=1S/C10H11N7/c1-6-3-14-17(4-6)9-7-8(13-5-12-7)15-10(11-2)16-9/h3-5H,1-2H3,(H2,11,12,13,15,16). The van der Waals surface area contributed by atoms with Crippen LogP contribution in [-0.2, 0) is 0 Å². The van der Waals surface area contributed by atoms with Gasteiger partial charge in [0.1, 0.15) is 5.52 Å². The highest BCUT2D eigenvalue weighted by Crippen LogP contribution is 2.17. The van der Waals surface area contributed by atoms with E-state index >= 15 is 0 Å². The third kappa shape index (κ3) is 1.52. The van der Waals surface area contributed by atoms with Gasteiger partial charge in [0.15, 0.2) is 11.5 Å². The molecule has 0 aliphatic rings. The van der Waals surface area contributed by atoms with Crippen molar-refractivity contribution < 1.29 is 0 Å². The smallest absolute Gasteiger partial charge is 0.226 e. The normalized spacial score (nSPS) is 10.9. The molecule has 0 amide bonds. The summed E-state index contributed by atoms with van der Waals surface area (Å²) in [6, 6.07) is 0. The molecule has 0 bridgehead atoms. The van der Waals surface area contributed by atoms with Crippen molar-refractivity contribution in [2.24, 2.45) is 0 Å². The molecule has 0 radical (unpaired) electrons. The Bertz CT molecular complexity index is 666. The second-order valence-corrected chi connectivity index (χ2v) is 3.68. The highest BCUT2D eigenvalue weighted by molar-refractivity contribution is 5.79. The van der Waals surface area contributed by atoms with E-state index in [4.69, 9.17) is 0 Å². The first-order valence-corrected chi connectivity index (χ1v) is 5.18. The Hall–Kier alpha value is -2.44. The highest BCUT2D eigenvalue weighted by atomic mass is 15.3. The van der Waals surface area contributed by atoms with Gasteiger partial charge >= 0.3 is 0 Å². The predicted octanol–water partition coefficient (Wildman–Crippen LogP) is 0.889. The maximum absolute atomic E-state index is 4.38. The number of hydrogen-bond acceptors (Lipinski definition) is 5. The van der Waals surface area contributed by atoms with Gasteiger partial charge in [-0.15, -0.1) is 0 Å². The lowest BCUT2D eigenvalue weighted by Crippen LogP contribution is -2.04. The molecule has 0 atom stereocenters. The zero-order chi connectivity index (χ0) is 11.8.